The Morgan fingerprint density at radius 1 is 1.27 bits per heavy atom. The molecule has 1 unspecified atom stereocenters. The van der Waals surface area contributed by atoms with Gasteiger partial charge < -0.3 is 14.8 Å². The average molecular weight is 323 g/mol. The van der Waals surface area contributed by atoms with Crippen molar-refractivity contribution in [2.24, 2.45) is 0 Å². The van der Waals surface area contributed by atoms with Crippen LogP contribution < -0.4 is 10.1 Å². The van der Waals surface area contributed by atoms with Crippen LogP contribution in [-0.2, 0) is 9.53 Å². The summed E-state index contributed by atoms with van der Waals surface area (Å²) in [5, 5.41) is 2.77. The lowest BCUT2D eigenvalue weighted by Crippen LogP contribution is -2.32. The van der Waals surface area contributed by atoms with E-state index < -0.39 is 0 Å². The van der Waals surface area contributed by atoms with Gasteiger partial charge in [0.05, 0.1) is 0 Å². The highest BCUT2D eigenvalue weighted by atomic mass is 32.1. The highest BCUT2D eigenvalue weighted by Gasteiger charge is 2.14. The van der Waals surface area contributed by atoms with Crippen LogP contribution in [0.1, 0.15) is 15.9 Å². The van der Waals surface area contributed by atoms with Crippen molar-refractivity contribution in [3.05, 3.63) is 52.0 Å². The Kier molecular flexibility index (Phi) is 5.91. The van der Waals surface area contributed by atoms with Crippen molar-refractivity contribution in [3.63, 3.8) is 0 Å². The number of hydrogen-bond acceptors (Lipinski definition) is 4. The second-order valence-corrected chi connectivity index (χ2v) is 6.04. The minimum atomic E-state index is -0.342. The number of nitrogens with one attached hydrogen (secondary N) is 1. The lowest BCUT2D eigenvalue weighted by atomic mass is 10.3. The maximum absolute atomic E-state index is 12.7. The van der Waals surface area contributed by atoms with E-state index in [2.05, 4.69) is 5.32 Å². The van der Waals surface area contributed by atoms with Gasteiger partial charge in [-0.1, -0.05) is 0 Å². The van der Waals surface area contributed by atoms with Gasteiger partial charge in [-0.15, -0.1) is 11.3 Å². The van der Waals surface area contributed by atoms with E-state index in [4.69, 9.17) is 9.47 Å². The van der Waals surface area contributed by atoms with E-state index in [1.807, 2.05) is 19.1 Å². The summed E-state index contributed by atoms with van der Waals surface area (Å²) in [6.45, 7) is 2.28. The van der Waals surface area contributed by atoms with E-state index in [0.717, 1.165) is 4.88 Å². The Hall–Kier alpha value is -1.92. The lowest BCUT2D eigenvalue weighted by molar-refractivity contribution is -0.123. The molecule has 0 aliphatic heterocycles. The number of hydrogen-bond donors (Lipinski definition) is 1. The number of carbonyl (C=O) groups is 1. The average Bonchev–Trinajstić information content (AvgIpc) is 2.94. The number of aryl methyl sites for hydroxylation is 1. The Labute approximate surface area is 132 Å². The first-order valence-corrected chi connectivity index (χ1v) is 7.64. The van der Waals surface area contributed by atoms with Crippen molar-refractivity contribution >= 4 is 17.2 Å². The van der Waals surface area contributed by atoms with Crippen molar-refractivity contribution in [1.82, 2.24) is 5.32 Å². The van der Waals surface area contributed by atoms with E-state index >= 15 is 0 Å². The molecule has 1 heterocycles. The fourth-order valence-electron chi connectivity index (χ4n) is 1.86. The monoisotopic (exact) mass is 323 g/mol. The maximum Gasteiger partial charge on any atom is 0.258 e. The Bertz CT molecular complexity index is 612. The quantitative estimate of drug-likeness (QED) is 0.852. The van der Waals surface area contributed by atoms with Gasteiger partial charge in [-0.3, -0.25) is 4.79 Å². The van der Waals surface area contributed by atoms with Crippen LogP contribution in [-0.4, -0.2) is 26.2 Å². The van der Waals surface area contributed by atoms with Gasteiger partial charge >= 0.3 is 0 Å². The van der Waals surface area contributed by atoms with Gasteiger partial charge in [0.15, 0.2) is 6.61 Å². The van der Waals surface area contributed by atoms with E-state index in [9.17, 15) is 9.18 Å². The predicted molar refractivity (Wildman–Crippen MR) is 83.7 cm³/mol. The van der Waals surface area contributed by atoms with Crippen molar-refractivity contribution in [1.29, 1.82) is 0 Å². The van der Waals surface area contributed by atoms with Crippen molar-refractivity contribution in [2.75, 3.05) is 20.3 Å². The number of methoxy groups -OCH3 is 1. The van der Waals surface area contributed by atoms with Gasteiger partial charge in [0, 0.05) is 23.4 Å². The number of halogens is 1. The zero-order chi connectivity index (χ0) is 15.9. The van der Waals surface area contributed by atoms with Crippen LogP contribution >= 0.6 is 11.3 Å². The van der Waals surface area contributed by atoms with Gasteiger partial charge in [0.1, 0.15) is 17.7 Å². The number of ether oxygens (including phenoxy) is 2. The van der Waals surface area contributed by atoms with Crippen LogP contribution in [0.25, 0.3) is 0 Å². The molecule has 0 saturated heterocycles. The Balaban J connectivity index is 1.78. The van der Waals surface area contributed by atoms with Crippen molar-refractivity contribution in [3.8, 4) is 5.75 Å². The van der Waals surface area contributed by atoms with Gasteiger partial charge in [-0.05, 0) is 43.3 Å². The first-order valence-electron chi connectivity index (χ1n) is 6.82. The van der Waals surface area contributed by atoms with E-state index in [-0.39, 0.29) is 24.4 Å². The molecule has 1 atom stereocenters. The highest BCUT2D eigenvalue weighted by molar-refractivity contribution is 7.12. The second-order valence-electron chi connectivity index (χ2n) is 4.72. The molecule has 0 saturated carbocycles. The van der Waals surface area contributed by atoms with E-state index in [0.29, 0.717) is 12.3 Å². The molecular weight excluding hydrogens is 305 g/mol. The van der Waals surface area contributed by atoms with Crippen LogP contribution in [0.4, 0.5) is 4.39 Å². The third-order valence-corrected chi connectivity index (χ3v) is 4.12. The molecule has 22 heavy (non-hydrogen) atoms. The number of benzene rings is 1. The molecule has 118 valence electrons. The van der Waals surface area contributed by atoms with Gasteiger partial charge in [0.2, 0.25) is 0 Å². The number of thiophene rings is 1. The second kappa shape index (κ2) is 7.91. The lowest BCUT2D eigenvalue weighted by Gasteiger charge is -2.15. The largest absolute Gasteiger partial charge is 0.484 e. The van der Waals surface area contributed by atoms with Crippen LogP contribution in [0.5, 0.6) is 5.75 Å². The predicted octanol–water partition coefficient (Wildman–Crippen LogP) is 3.08. The molecule has 0 aliphatic rings. The summed E-state index contributed by atoms with van der Waals surface area (Å²) in [6.07, 6.45) is -0.173. The molecule has 6 heteroatoms. The normalized spacial score (nSPS) is 12.0. The minimum Gasteiger partial charge on any atom is -0.484 e. The molecule has 0 radical (unpaired) electrons. The van der Waals surface area contributed by atoms with Crippen molar-refractivity contribution in [2.45, 2.75) is 13.0 Å². The van der Waals surface area contributed by atoms with Crippen LogP contribution in [0, 0.1) is 12.7 Å². The molecule has 2 aromatic rings. The van der Waals surface area contributed by atoms with Crippen LogP contribution in [0.2, 0.25) is 0 Å². The highest BCUT2D eigenvalue weighted by Crippen LogP contribution is 2.24. The molecule has 0 spiro atoms. The van der Waals surface area contributed by atoms with Gasteiger partial charge in [-0.25, -0.2) is 4.39 Å². The molecule has 0 fully saturated rings. The summed E-state index contributed by atoms with van der Waals surface area (Å²) in [6, 6.07) is 9.55. The van der Waals surface area contributed by atoms with Crippen LogP contribution in [0.15, 0.2) is 36.4 Å². The zero-order valence-electron chi connectivity index (χ0n) is 12.5. The zero-order valence-corrected chi connectivity index (χ0v) is 13.3. The fourth-order valence-corrected chi connectivity index (χ4v) is 2.82. The smallest absolute Gasteiger partial charge is 0.258 e. The summed E-state index contributed by atoms with van der Waals surface area (Å²) in [5.41, 5.74) is 0. The third kappa shape index (κ3) is 4.82. The van der Waals surface area contributed by atoms with Crippen LogP contribution in [0.3, 0.4) is 0 Å². The summed E-state index contributed by atoms with van der Waals surface area (Å²) < 4.78 is 23.4. The summed E-state index contributed by atoms with van der Waals surface area (Å²) in [4.78, 5) is 14.0. The molecule has 1 N–H and O–H groups in total. The summed E-state index contributed by atoms with van der Waals surface area (Å²) in [5.74, 6) is -0.139. The minimum absolute atomic E-state index is 0.120. The Morgan fingerprint density at radius 2 is 2.00 bits per heavy atom. The maximum atomic E-state index is 12.7. The fraction of sp³-hybridized carbons (Fsp3) is 0.312. The van der Waals surface area contributed by atoms with E-state index in [1.165, 1.54) is 29.1 Å². The van der Waals surface area contributed by atoms with Gasteiger partial charge in [-0.2, -0.15) is 0 Å². The Morgan fingerprint density at radius 3 is 2.59 bits per heavy atom. The molecule has 1 aromatic heterocycles. The molecule has 1 amide bonds. The SMILES string of the molecule is COC(CNC(=O)COc1ccc(F)cc1)c1ccc(C)s1. The number of amides is 1. The summed E-state index contributed by atoms with van der Waals surface area (Å²) >= 11 is 1.64. The molecular formula is C16H18FNO3S. The standard InChI is InChI=1S/C16H18FNO3S/c1-11-3-8-15(22-11)14(20-2)9-18-16(19)10-21-13-6-4-12(17)5-7-13/h3-8,14H,9-10H2,1-2H3,(H,18,19). The number of rotatable bonds is 7. The van der Waals surface area contributed by atoms with E-state index in [1.54, 1.807) is 18.4 Å². The number of carbonyl (C=O) groups excluding carboxylic acids is 1. The molecule has 1 aromatic carbocycles. The van der Waals surface area contributed by atoms with Gasteiger partial charge in [0.25, 0.3) is 5.91 Å². The summed E-state index contributed by atoms with van der Waals surface area (Å²) in [7, 11) is 1.61. The first kappa shape index (κ1) is 16.5. The third-order valence-electron chi connectivity index (χ3n) is 3.03. The molecule has 2 rings (SSSR count). The molecule has 0 bridgehead atoms. The topological polar surface area (TPSA) is 47.6 Å². The van der Waals surface area contributed by atoms with Crippen molar-refractivity contribution < 1.29 is 18.7 Å². The molecule has 0 aliphatic carbocycles. The first-order chi connectivity index (χ1) is 10.6. The molecule has 4 nitrogen and oxygen atoms in total.